The predicted octanol–water partition coefficient (Wildman–Crippen LogP) is -0.989. The van der Waals surface area contributed by atoms with Gasteiger partial charge in [-0.1, -0.05) is 0 Å². The zero-order valence-electron chi connectivity index (χ0n) is 11.6. The Bertz CT molecular complexity index is 243. The van der Waals surface area contributed by atoms with E-state index >= 15 is 0 Å². The zero-order chi connectivity index (χ0) is 13.4. The van der Waals surface area contributed by atoms with Crippen molar-refractivity contribution in [1.82, 2.24) is 15.1 Å². The Morgan fingerprint density at radius 2 is 1.94 bits per heavy atom. The van der Waals surface area contributed by atoms with E-state index < -0.39 is 0 Å². The molecule has 0 aromatic heterocycles. The number of amides is 1. The van der Waals surface area contributed by atoms with Gasteiger partial charge in [-0.15, -0.1) is 0 Å². The molecular weight excluding hydrogens is 234 g/mol. The average Bonchev–Trinajstić information content (AvgIpc) is 2.38. The van der Waals surface area contributed by atoms with E-state index in [9.17, 15) is 4.79 Å². The normalized spacial score (nSPS) is 18.9. The monoisotopic (exact) mass is 259 g/mol. The number of nitrogens with one attached hydrogen (secondary N) is 1. The number of hydrogen-bond donors (Lipinski definition) is 1. The fraction of sp³-hybridized carbons (Fsp3) is 0.917. The highest BCUT2D eigenvalue weighted by atomic mass is 16.5. The van der Waals surface area contributed by atoms with Crippen molar-refractivity contribution < 1.29 is 14.3 Å². The highest BCUT2D eigenvalue weighted by molar-refractivity contribution is 5.78. The van der Waals surface area contributed by atoms with Crippen molar-refractivity contribution in [1.29, 1.82) is 0 Å². The molecule has 6 heteroatoms. The maximum atomic E-state index is 11.9. The Labute approximate surface area is 109 Å². The molecule has 106 valence electrons. The van der Waals surface area contributed by atoms with Crippen LogP contribution >= 0.6 is 0 Å². The molecule has 1 fully saturated rings. The minimum absolute atomic E-state index is 0.00436. The molecule has 18 heavy (non-hydrogen) atoms. The molecule has 1 aliphatic rings. The summed E-state index contributed by atoms with van der Waals surface area (Å²) in [5, 5.41) is 3.12. The smallest absolute Gasteiger partial charge is 0.236 e. The first-order valence-electron chi connectivity index (χ1n) is 6.36. The molecule has 0 aromatic carbocycles. The van der Waals surface area contributed by atoms with Gasteiger partial charge < -0.3 is 24.6 Å². The lowest BCUT2D eigenvalue weighted by molar-refractivity contribution is -0.131. The van der Waals surface area contributed by atoms with Gasteiger partial charge in [0.05, 0.1) is 19.3 Å². The van der Waals surface area contributed by atoms with Gasteiger partial charge in [0.1, 0.15) is 0 Å². The van der Waals surface area contributed by atoms with Crippen LogP contribution in [-0.4, -0.2) is 89.0 Å². The Balaban J connectivity index is 2.16. The maximum absolute atomic E-state index is 11.9. The molecule has 6 nitrogen and oxygen atoms in total. The van der Waals surface area contributed by atoms with E-state index in [2.05, 4.69) is 17.3 Å². The quantitative estimate of drug-likeness (QED) is 0.636. The second-order valence-electron chi connectivity index (χ2n) is 4.63. The molecule has 0 saturated carbocycles. The van der Waals surface area contributed by atoms with Crippen LogP contribution in [-0.2, 0) is 14.3 Å². The first kappa shape index (κ1) is 15.4. The van der Waals surface area contributed by atoms with Gasteiger partial charge in [0, 0.05) is 46.9 Å². The van der Waals surface area contributed by atoms with Crippen LogP contribution in [0.5, 0.6) is 0 Å². The number of carbonyl (C=O) groups excluding carboxylic acids is 1. The number of methoxy groups -OCH3 is 2. The molecule has 1 saturated heterocycles. The van der Waals surface area contributed by atoms with E-state index in [4.69, 9.17) is 9.47 Å². The molecule has 1 amide bonds. The summed E-state index contributed by atoms with van der Waals surface area (Å²) in [4.78, 5) is 16.0. The third-order valence-electron chi connectivity index (χ3n) is 3.19. The van der Waals surface area contributed by atoms with Crippen molar-refractivity contribution >= 4 is 5.91 Å². The Kier molecular flexibility index (Phi) is 7.19. The van der Waals surface area contributed by atoms with Crippen LogP contribution in [0.15, 0.2) is 0 Å². The molecule has 0 radical (unpaired) electrons. The Morgan fingerprint density at radius 1 is 1.28 bits per heavy atom. The van der Waals surface area contributed by atoms with E-state index in [-0.39, 0.29) is 12.0 Å². The predicted molar refractivity (Wildman–Crippen MR) is 69.6 cm³/mol. The molecule has 1 N–H and O–H groups in total. The summed E-state index contributed by atoms with van der Waals surface area (Å²) < 4.78 is 10.2. The van der Waals surface area contributed by atoms with Crippen LogP contribution in [0, 0.1) is 0 Å². The number of nitrogens with zero attached hydrogens (tertiary/aromatic N) is 2. The molecule has 1 heterocycles. The van der Waals surface area contributed by atoms with E-state index in [1.54, 1.807) is 14.2 Å². The van der Waals surface area contributed by atoms with E-state index in [1.165, 1.54) is 0 Å². The van der Waals surface area contributed by atoms with Gasteiger partial charge >= 0.3 is 0 Å². The Hall–Kier alpha value is -0.690. The van der Waals surface area contributed by atoms with Gasteiger partial charge in [-0.25, -0.2) is 0 Å². The third-order valence-corrected chi connectivity index (χ3v) is 3.19. The van der Waals surface area contributed by atoms with Crippen molar-refractivity contribution in [3.63, 3.8) is 0 Å². The van der Waals surface area contributed by atoms with Crippen molar-refractivity contribution in [2.45, 2.75) is 6.10 Å². The van der Waals surface area contributed by atoms with Crippen LogP contribution in [0.3, 0.4) is 0 Å². The molecule has 1 aliphatic heterocycles. The first-order chi connectivity index (χ1) is 8.67. The zero-order valence-corrected chi connectivity index (χ0v) is 11.6. The molecular formula is C12H25N3O3. The summed E-state index contributed by atoms with van der Waals surface area (Å²) in [6.45, 7) is 5.08. The minimum atomic E-state index is -0.00436. The van der Waals surface area contributed by atoms with Gasteiger partial charge in [-0.05, 0) is 7.05 Å². The fourth-order valence-electron chi connectivity index (χ4n) is 1.90. The summed E-state index contributed by atoms with van der Waals surface area (Å²) in [7, 11) is 5.36. The van der Waals surface area contributed by atoms with Gasteiger partial charge in [0.2, 0.25) is 5.91 Å². The highest BCUT2D eigenvalue weighted by Crippen LogP contribution is 1.99. The lowest BCUT2D eigenvalue weighted by Gasteiger charge is -2.32. The summed E-state index contributed by atoms with van der Waals surface area (Å²) >= 11 is 0. The number of carbonyl (C=O) groups is 1. The largest absolute Gasteiger partial charge is 0.382 e. The molecule has 0 spiro atoms. The topological polar surface area (TPSA) is 54.0 Å². The number of piperazine rings is 1. The highest BCUT2D eigenvalue weighted by Gasteiger charge is 2.18. The standard InChI is InChI=1S/C12H25N3O3/c1-14-4-6-15(7-5-14)12(16)9-13-8-11(18-3)10-17-2/h11,13H,4-10H2,1-3H3. The third kappa shape index (κ3) is 5.30. The lowest BCUT2D eigenvalue weighted by atomic mass is 10.3. The van der Waals surface area contributed by atoms with E-state index in [1.807, 2.05) is 4.90 Å². The van der Waals surface area contributed by atoms with E-state index in [0.717, 1.165) is 26.2 Å². The molecule has 0 aliphatic carbocycles. The van der Waals surface area contributed by atoms with Crippen molar-refractivity contribution in [2.75, 3.05) is 67.1 Å². The van der Waals surface area contributed by atoms with Crippen LogP contribution in [0.1, 0.15) is 0 Å². The number of likely N-dealkylation sites (N-methyl/N-ethyl adjacent to an activating group) is 1. The Morgan fingerprint density at radius 3 is 2.50 bits per heavy atom. The van der Waals surface area contributed by atoms with Gasteiger partial charge in [-0.3, -0.25) is 4.79 Å². The average molecular weight is 259 g/mol. The number of ether oxygens (including phenoxy) is 2. The van der Waals surface area contributed by atoms with Crippen LogP contribution in [0.2, 0.25) is 0 Å². The van der Waals surface area contributed by atoms with Gasteiger partial charge in [0.25, 0.3) is 0 Å². The minimum Gasteiger partial charge on any atom is -0.382 e. The van der Waals surface area contributed by atoms with Crippen molar-refractivity contribution in [3.05, 3.63) is 0 Å². The lowest BCUT2D eigenvalue weighted by Crippen LogP contribution is -2.50. The molecule has 0 aromatic rings. The number of hydrogen-bond acceptors (Lipinski definition) is 5. The van der Waals surface area contributed by atoms with E-state index in [0.29, 0.717) is 19.7 Å². The second-order valence-corrected chi connectivity index (χ2v) is 4.63. The molecule has 0 bridgehead atoms. The van der Waals surface area contributed by atoms with Crippen LogP contribution in [0.4, 0.5) is 0 Å². The first-order valence-corrected chi connectivity index (χ1v) is 6.36. The summed E-state index contributed by atoms with van der Waals surface area (Å²) in [5.41, 5.74) is 0. The summed E-state index contributed by atoms with van der Waals surface area (Å²) in [5.74, 6) is 0.162. The number of rotatable bonds is 7. The van der Waals surface area contributed by atoms with Gasteiger partial charge in [0.15, 0.2) is 0 Å². The molecule has 1 rings (SSSR count). The molecule has 1 atom stereocenters. The fourth-order valence-corrected chi connectivity index (χ4v) is 1.90. The maximum Gasteiger partial charge on any atom is 0.236 e. The van der Waals surface area contributed by atoms with Crippen LogP contribution in [0.25, 0.3) is 0 Å². The summed E-state index contributed by atoms with van der Waals surface area (Å²) in [6.07, 6.45) is -0.00436. The van der Waals surface area contributed by atoms with Gasteiger partial charge in [-0.2, -0.15) is 0 Å². The van der Waals surface area contributed by atoms with Crippen LogP contribution < -0.4 is 5.32 Å². The SMILES string of the molecule is COCC(CNCC(=O)N1CCN(C)CC1)OC. The van der Waals surface area contributed by atoms with Crippen molar-refractivity contribution in [3.8, 4) is 0 Å². The second kappa shape index (κ2) is 8.42. The summed E-state index contributed by atoms with van der Waals surface area (Å²) in [6, 6.07) is 0. The van der Waals surface area contributed by atoms with Crippen molar-refractivity contribution in [2.24, 2.45) is 0 Å². The molecule has 1 unspecified atom stereocenters.